The third-order valence-corrected chi connectivity index (χ3v) is 4.47. The molecule has 0 N–H and O–H groups in total. The largest absolute Gasteiger partial charge is 0.463 e. The van der Waals surface area contributed by atoms with E-state index in [-0.39, 0.29) is 30.1 Å². The van der Waals surface area contributed by atoms with Crippen molar-refractivity contribution in [3.8, 4) is 5.88 Å². The van der Waals surface area contributed by atoms with Gasteiger partial charge in [0.15, 0.2) is 6.61 Å². The van der Waals surface area contributed by atoms with Crippen molar-refractivity contribution in [3.63, 3.8) is 0 Å². The first-order valence-electron chi connectivity index (χ1n) is 8.49. The molecule has 7 nitrogen and oxygen atoms in total. The number of pyridine rings is 1. The van der Waals surface area contributed by atoms with Crippen LogP contribution in [0.1, 0.15) is 50.3 Å². The highest BCUT2D eigenvalue weighted by molar-refractivity contribution is 5.78. The summed E-state index contributed by atoms with van der Waals surface area (Å²) in [5.74, 6) is -0.217. The predicted octanol–water partition coefficient (Wildman–Crippen LogP) is 3.17. The van der Waals surface area contributed by atoms with Crippen molar-refractivity contribution < 1.29 is 14.5 Å². The van der Waals surface area contributed by atoms with Gasteiger partial charge < -0.3 is 9.64 Å². The fourth-order valence-electron chi connectivity index (χ4n) is 3.36. The molecule has 1 amide bonds. The van der Waals surface area contributed by atoms with E-state index in [1.54, 1.807) is 19.9 Å². The van der Waals surface area contributed by atoms with E-state index < -0.39 is 4.92 Å². The molecule has 1 saturated carbocycles. The number of hydrogen-bond donors (Lipinski definition) is 0. The zero-order valence-corrected chi connectivity index (χ0v) is 14.6. The van der Waals surface area contributed by atoms with Gasteiger partial charge in [-0.3, -0.25) is 14.9 Å². The number of amides is 1. The summed E-state index contributed by atoms with van der Waals surface area (Å²) in [4.78, 5) is 29.1. The van der Waals surface area contributed by atoms with Gasteiger partial charge in [-0.05, 0) is 39.7 Å². The molecule has 1 heterocycles. The first kappa shape index (κ1) is 18.2. The van der Waals surface area contributed by atoms with Gasteiger partial charge in [-0.2, -0.15) is 0 Å². The van der Waals surface area contributed by atoms with E-state index in [4.69, 9.17) is 4.74 Å². The maximum atomic E-state index is 12.5. The Hall–Kier alpha value is -2.18. The molecular weight excluding hydrogens is 310 g/mol. The molecule has 1 aliphatic rings. The molecule has 0 aliphatic heterocycles. The summed E-state index contributed by atoms with van der Waals surface area (Å²) in [6.45, 7) is 5.73. The fourth-order valence-corrected chi connectivity index (χ4v) is 3.36. The second-order valence-corrected chi connectivity index (χ2v) is 6.25. The van der Waals surface area contributed by atoms with Crippen LogP contribution >= 0.6 is 0 Å². The van der Waals surface area contributed by atoms with Gasteiger partial charge in [-0.1, -0.05) is 19.3 Å². The van der Waals surface area contributed by atoms with Gasteiger partial charge in [0.05, 0.1) is 4.92 Å². The normalized spacial score (nSPS) is 15.1. The van der Waals surface area contributed by atoms with Gasteiger partial charge in [0.25, 0.3) is 11.8 Å². The molecule has 132 valence electrons. The zero-order valence-electron chi connectivity index (χ0n) is 14.6. The Morgan fingerprint density at radius 1 is 1.38 bits per heavy atom. The van der Waals surface area contributed by atoms with Crippen molar-refractivity contribution in [2.45, 2.75) is 58.9 Å². The minimum atomic E-state index is -0.514. The molecule has 0 saturated heterocycles. The van der Waals surface area contributed by atoms with E-state index in [0.29, 0.717) is 17.8 Å². The predicted molar refractivity (Wildman–Crippen MR) is 90.1 cm³/mol. The highest BCUT2D eigenvalue weighted by Gasteiger charge is 2.26. The summed E-state index contributed by atoms with van der Waals surface area (Å²) in [6, 6.07) is 1.88. The third kappa shape index (κ3) is 4.21. The highest BCUT2D eigenvalue weighted by atomic mass is 16.6. The quantitative estimate of drug-likeness (QED) is 0.589. The lowest BCUT2D eigenvalue weighted by molar-refractivity contribution is -0.386. The summed E-state index contributed by atoms with van der Waals surface area (Å²) in [6.07, 6.45) is 5.53. The molecular formula is C17H25N3O4. The topological polar surface area (TPSA) is 85.6 Å². The van der Waals surface area contributed by atoms with E-state index >= 15 is 0 Å². The van der Waals surface area contributed by atoms with Crippen LogP contribution in [0, 0.1) is 24.0 Å². The molecule has 24 heavy (non-hydrogen) atoms. The molecule has 0 aromatic carbocycles. The molecule has 1 aromatic heterocycles. The molecule has 2 rings (SSSR count). The minimum absolute atomic E-state index is 0.0782. The summed E-state index contributed by atoms with van der Waals surface area (Å²) < 4.78 is 5.45. The lowest BCUT2D eigenvalue weighted by atomic mass is 9.94. The number of aromatic nitrogens is 1. The van der Waals surface area contributed by atoms with Crippen LogP contribution in [-0.4, -0.2) is 39.9 Å². The van der Waals surface area contributed by atoms with Gasteiger partial charge in [0.1, 0.15) is 0 Å². The number of nitro groups is 1. The average molecular weight is 335 g/mol. The second kappa shape index (κ2) is 8.08. The first-order chi connectivity index (χ1) is 11.4. The second-order valence-electron chi connectivity index (χ2n) is 6.25. The molecule has 0 radical (unpaired) electrons. The Labute approximate surface area is 142 Å². The molecule has 7 heteroatoms. The van der Waals surface area contributed by atoms with Crippen LogP contribution in [0.25, 0.3) is 0 Å². The van der Waals surface area contributed by atoms with Crippen LogP contribution in [-0.2, 0) is 4.79 Å². The number of nitrogens with zero attached hydrogens (tertiary/aromatic N) is 3. The van der Waals surface area contributed by atoms with Crippen molar-refractivity contribution in [1.29, 1.82) is 0 Å². The minimum Gasteiger partial charge on any atom is -0.463 e. The van der Waals surface area contributed by atoms with Gasteiger partial charge in [0, 0.05) is 23.8 Å². The van der Waals surface area contributed by atoms with Crippen molar-refractivity contribution in [2.75, 3.05) is 13.2 Å². The molecule has 0 atom stereocenters. The molecule has 1 aromatic rings. The van der Waals surface area contributed by atoms with E-state index in [1.165, 1.54) is 6.42 Å². The van der Waals surface area contributed by atoms with Crippen molar-refractivity contribution in [1.82, 2.24) is 9.88 Å². The number of ether oxygens (including phenoxy) is 1. The van der Waals surface area contributed by atoms with Crippen LogP contribution in [0.2, 0.25) is 0 Å². The van der Waals surface area contributed by atoms with E-state index in [1.807, 2.05) is 11.8 Å². The summed E-state index contributed by atoms with van der Waals surface area (Å²) in [7, 11) is 0. The maximum absolute atomic E-state index is 12.5. The number of aryl methyl sites for hydroxylation is 2. The Morgan fingerprint density at radius 3 is 2.62 bits per heavy atom. The molecule has 0 spiro atoms. The van der Waals surface area contributed by atoms with Crippen LogP contribution in [0.4, 0.5) is 5.69 Å². The van der Waals surface area contributed by atoms with Gasteiger partial charge >= 0.3 is 5.69 Å². The molecule has 0 bridgehead atoms. The summed E-state index contributed by atoms with van der Waals surface area (Å²) in [5.41, 5.74) is 0.934. The Kier molecular flexibility index (Phi) is 6.11. The van der Waals surface area contributed by atoms with Crippen LogP contribution in [0.5, 0.6) is 5.88 Å². The Balaban J connectivity index is 2.09. The number of carbonyl (C=O) groups is 1. The number of carbonyl (C=O) groups excluding carboxylic acids is 1. The molecule has 0 unspecified atom stereocenters. The van der Waals surface area contributed by atoms with E-state index in [9.17, 15) is 14.9 Å². The monoisotopic (exact) mass is 335 g/mol. The van der Waals surface area contributed by atoms with Crippen molar-refractivity contribution in [3.05, 3.63) is 27.4 Å². The van der Waals surface area contributed by atoms with E-state index in [2.05, 4.69) is 4.98 Å². The van der Waals surface area contributed by atoms with Gasteiger partial charge in [-0.15, -0.1) is 0 Å². The molecule has 1 fully saturated rings. The van der Waals surface area contributed by atoms with Crippen LogP contribution in [0.3, 0.4) is 0 Å². The van der Waals surface area contributed by atoms with Crippen molar-refractivity contribution in [2.24, 2.45) is 0 Å². The number of hydrogen-bond acceptors (Lipinski definition) is 5. The zero-order chi connectivity index (χ0) is 17.7. The third-order valence-electron chi connectivity index (χ3n) is 4.47. The summed E-state index contributed by atoms with van der Waals surface area (Å²) in [5, 5.41) is 11.2. The first-order valence-corrected chi connectivity index (χ1v) is 8.49. The standard InChI is InChI=1S/C17H25N3O4/c1-4-19(14-8-6-5-7-9-14)15(21)11-24-17-16(20(22)23)12(2)10-13(3)18-17/h10,14H,4-9,11H2,1-3H3. The lowest BCUT2D eigenvalue weighted by Crippen LogP contribution is -2.43. The lowest BCUT2D eigenvalue weighted by Gasteiger charge is -2.33. The maximum Gasteiger partial charge on any atom is 0.333 e. The van der Waals surface area contributed by atoms with E-state index in [0.717, 1.165) is 25.7 Å². The summed E-state index contributed by atoms with van der Waals surface area (Å²) >= 11 is 0. The smallest absolute Gasteiger partial charge is 0.333 e. The number of rotatable bonds is 6. The average Bonchev–Trinajstić information content (AvgIpc) is 2.53. The number of likely N-dealkylation sites (N-methyl/N-ethyl adjacent to an activating group) is 1. The van der Waals surface area contributed by atoms with Crippen LogP contribution < -0.4 is 4.74 Å². The Morgan fingerprint density at radius 2 is 2.04 bits per heavy atom. The Bertz CT molecular complexity index is 612. The van der Waals surface area contributed by atoms with Crippen molar-refractivity contribution >= 4 is 11.6 Å². The van der Waals surface area contributed by atoms with Gasteiger partial charge in [0.2, 0.25) is 0 Å². The SMILES string of the molecule is CCN(C(=O)COc1nc(C)cc(C)c1[N+](=O)[O-])C1CCCCC1. The highest BCUT2D eigenvalue weighted by Crippen LogP contribution is 2.29. The van der Waals surface area contributed by atoms with Gasteiger partial charge in [-0.25, -0.2) is 4.98 Å². The molecule has 1 aliphatic carbocycles. The fraction of sp³-hybridized carbons (Fsp3) is 0.647. The van der Waals surface area contributed by atoms with Crippen LogP contribution in [0.15, 0.2) is 6.07 Å².